The van der Waals surface area contributed by atoms with E-state index in [9.17, 15) is 4.79 Å². The summed E-state index contributed by atoms with van der Waals surface area (Å²) in [5, 5.41) is 0.512. The fraction of sp³-hybridized carbons (Fsp3) is 0.581. The van der Waals surface area contributed by atoms with Crippen molar-refractivity contribution in [3.63, 3.8) is 0 Å². The van der Waals surface area contributed by atoms with Crippen LogP contribution in [0.5, 0.6) is 0 Å². The van der Waals surface area contributed by atoms with Gasteiger partial charge in [-0.15, -0.1) is 4.98 Å². The van der Waals surface area contributed by atoms with Gasteiger partial charge in [-0.2, -0.15) is 0 Å². The molecule has 5 rings (SSSR count). The normalized spacial score (nSPS) is 22.4. The smallest absolute Gasteiger partial charge is 0.410 e. The number of fused-ring (bicyclic) bond motifs is 1. The maximum Gasteiger partial charge on any atom is 0.410 e. The summed E-state index contributed by atoms with van der Waals surface area (Å²) >= 11 is 6.36. The summed E-state index contributed by atoms with van der Waals surface area (Å²) in [5.41, 5.74) is 2.50. The van der Waals surface area contributed by atoms with Gasteiger partial charge in [-0.1, -0.05) is 37.9 Å². The van der Waals surface area contributed by atoms with E-state index in [4.69, 9.17) is 32.9 Å². The van der Waals surface area contributed by atoms with Crippen molar-refractivity contribution >= 4 is 40.5 Å². The van der Waals surface area contributed by atoms with Crippen LogP contribution in [0.25, 0.3) is 27.1 Å². The molecule has 0 spiro atoms. The Kier molecular flexibility index (Phi) is 8.15. The summed E-state index contributed by atoms with van der Waals surface area (Å²) in [4.78, 5) is 34.9. The van der Waals surface area contributed by atoms with E-state index in [0.29, 0.717) is 36.3 Å². The lowest BCUT2D eigenvalue weighted by Crippen LogP contribution is -2.55. The summed E-state index contributed by atoms with van der Waals surface area (Å²) in [5.74, 6) is 2.37. The Morgan fingerprint density at radius 3 is 2.49 bits per heavy atom. The van der Waals surface area contributed by atoms with Crippen LogP contribution >= 0.6 is 11.6 Å². The van der Waals surface area contributed by atoms with Gasteiger partial charge in [0.05, 0.1) is 10.5 Å². The van der Waals surface area contributed by atoms with E-state index in [1.54, 1.807) is 23.4 Å². The fourth-order valence-electron chi connectivity index (χ4n) is 6.21. The SMILES string of the molecule is [C-]#[N+]c1cc2nc(N3CCN(C(=O)OC(C)(C)C)C[C@H]3C)n(C(C)C3CCC(C)CC3)c2c(-c2cncc(Cl)c2)n1. The zero-order valence-electron chi connectivity index (χ0n) is 24.9. The average Bonchev–Trinajstić information content (AvgIpc) is 3.30. The van der Waals surface area contributed by atoms with Gasteiger partial charge in [0.15, 0.2) is 5.69 Å². The molecular weight excluding hydrogens is 538 g/mol. The Bertz CT molecular complexity index is 1470. The van der Waals surface area contributed by atoms with E-state index >= 15 is 0 Å². The molecule has 41 heavy (non-hydrogen) atoms. The van der Waals surface area contributed by atoms with Crippen LogP contribution in [-0.4, -0.2) is 61.8 Å². The van der Waals surface area contributed by atoms with E-state index in [1.807, 2.05) is 26.8 Å². The number of carbonyl (C=O) groups excluding carboxylic acids is 1. The number of aromatic nitrogens is 4. The number of anilines is 1. The van der Waals surface area contributed by atoms with Crippen molar-refractivity contribution in [2.24, 2.45) is 11.8 Å². The zero-order chi connectivity index (χ0) is 29.5. The molecule has 218 valence electrons. The maximum atomic E-state index is 12.9. The third-order valence-corrected chi connectivity index (χ3v) is 8.62. The number of hydrogen-bond donors (Lipinski definition) is 0. The zero-order valence-corrected chi connectivity index (χ0v) is 25.6. The molecule has 3 aromatic rings. The maximum absolute atomic E-state index is 12.9. The molecule has 1 saturated carbocycles. The molecule has 10 heteroatoms. The molecule has 0 aromatic carbocycles. The predicted octanol–water partition coefficient (Wildman–Crippen LogP) is 7.53. The van der Waals surface area contributed by atoms with Crippen molar-refractivity contribution in [2.45, 2.75) is 84.9 Å². The first-order valence-electron chi connectivity index (χ1n) is 14.6. The molecule has 1 saturated heterocycles. The molecule has 2 aliphatic rings. The van der Waals surface area contributed by atoms with Gasteiger partial charge in [-0.3, -0.25) is 4.98 Å². The third kappa shape index (κ3) is 6.13. The summed E-state index contributed by atoms with van der Waals surface area (Å²) in [6.07, 6.45) is 7.80. The van der Waals surface area contributed by atoms with Crippen LogP contribution in [0.3, 0.4) is 0 Å². The second kappa shape index (κ2) is 11.5. The minimum absolute atomic E-state index is 0.00925. The van der Waals surface area contributed by atoms with Gasteiger partial charge in [-0.05, 0) is 71.4 Å². The molecule has 9 nitrogen and oxygen atoms in total. The first-order valence-corrected chi connectivity index (χ1v) is 15.0. The first kappa shape index (κ1) is 29.1. The van der Waals surface area contributed by atoms with Crippen LogP contribution in [0.2, 0.25) is 5.02 Å². The largest absolute Gasteiger partial charge is 0.444 e. The highest BCUT2D eigenvalue weighted by atomic mass is 35.5. The fourth-order valence-corrected chi connectivity index (χ4v) is 6.38. The Balaban J connectivity index is 1.62. The van der Waals surface area contributed by atoms with Gasteiger partial charge in [0.1, 0.15) is 11.1 Å². The molecule has 0 radical (unpaired) electrons. The lowest BCUT2D eigenvalue weighted by molar-refractivity contribution is 0.0217. The quantitative estimate of drug-likeness (QED) is 0.298. The molecule has 2 fully saturated rings. The van der Waals surface area contributed by atoms with E-state index in [0.717, 1.165) is 41.3 Å². The van der Waals surface area contributed by atoms with E-state index in [2.05, 4.69) is 40.1 Å². The summed E-state index contributed by atoms with van der Waals surface area (Å²) < 4.78 is 8.00. The molecule has 1 aliphatic heterocycles. The van der Waals surface area contributed by atoms with E-state index in [1.165, 1.54) is 12.8 Å². The number of rotatable bonds is 4. The number of hydrogen-bond acceptors (Lipinski definition) is 6. The minimum atomic E-state index is -0.544. The van der Waals surface area contributed by atoms with Crippen molar-refractivity contribution < 1.29 is 9.53 Å². The summed E-state index contributed by atoms with van der Waals surface area (Å²) in [6, 6.07) is 3.79. The summed E-state index contributed by atoms with van der Waals surface area (Å²) in [7, 11) is 0. The number of halogens is 1. The molecule has 4 heterocycles. The standard InChI is InChI=1S/C31H40ClN7O2/c1-19-8-10-22(11-9-19)21(3)39-28-25(15-26(33-7)36-27(28)23-14-24(32)17-34-16-23)35-29(39)38-13-12-37(18-20(38)2)30(40)41-31(4,5)6/h14-17,19-22H,8-13,18H2,1-6H3/t19?,20-,21?,22?/m1/s1. The van der Waals surface area contributed by atoms with E-state index < -0.39 is 5.60 Å². The predicted molar refractivity (Wildman–Crippen MR) is 162 cm³/mol. The van der Waals surface area contributed by atoms with Crippen molar-refractivity contribution in [1.82, 2.24) is 24.4 Å². The van der Waals surface area contributed by atoms with Crippen LogP contribution in [0.1, 0.15) is 73.3 Å². The summed E-state index contributed by atoms with van der Waals surface area (Å²) in [6.45, 7) is 21.8. The number of pyridine rings is 2. The first-order chi connectivity index (χ1) is 19.4. The Labute approximate surface area is 247 Å². The number of carbonyl (C=O) groups is 1. The van der Waals surface area contributed by atoms with Crippen LogP contribution < -0.4 is 4.90 Å². The van der Waals surface area contributed by atoms with Crippen LogP contribution in [0, 0.1) is 18.4 Å². The number of imidazole rings is 1. The minimum Gasteiger partial charge on any atom is -0.444 e. The van der Waals surface area contributed by atoms with Crippen LogP contribution in [-0.2, 0) is 4.74 Å². The van der Waals surface area contributed by atoms with Crippen LogP contribution in [0.15, 0.2) is 24.5 Å². The van der Waals surface area contributed by atoms with E-state index in [-0.39, 0.29) is 24.0 Å². The highest BCUT2D eigenvalue weighted by Gasteiger charge is 2.36. The molecule has 1 amide bonds. The average molecular weight is 578 g/mol. The molecule has 0 bridgehead atoms. The number of ether oxygens (including phenoxy) is 1. The molecule has 0 N–H and O–H groups in total. The second-order valence-electron chi connectivity index (χ2n) is 12.7. The molecular formula is C31H40ClN7O2. The molecule has 3 aromatic heterocycles. The Morgan fingerprint density at radius 1 is 1.12 bits per heavy atom. The number of piperazine rings is 1. The van der Waals surface area contributed by atoms with Crippen molar-refractivity contribution in [3.8, 4) is 11.3 Å². The monoisotopic (exact) mass is 577 g/mol. The molecule has 2 atom stereocenters. The molecule has 1 unspecified atom stereocenters. The lowest BCUT2D eigenvalue weighted by Gasteiger charge is -2.42. The Morgan fingerprint density at radius 2 is 1.85 bits per heavy atom. The third-order valence-electron chi connectivity index (χ3n) is 8.41. The van der Waals surface area contributed by atoms with Gasteiger partial charge in [0.25, 0.3) is 5.82 Å². The van der Waals surface area contributed by atoms with Crippen molar-refractivity contribution in [3.05, 3.63) is 41.0 Å². The topological polar surface area (TPSA) is 80.7 Å². The van der Waals surface area contributed by atoms with Crippen molar-refractivity contribution in [1.29, 1.82) is 0 Å². The molecule has 1 aliphatic carbocycles. The van der Waals surface area contributed by atoms with Crippen molar-refractivity contribution in [2.75, 3.05) is 24.5 Å². The number of amides is 1. The highest BCUT2D eigenvalue weighted by Crippen LogP contribution is 2.42. The second-order valence-corrected chi connectivity index (χ2v) is 13.1. The van der Waals surface area contributed by atoms with Gasteiger partial charge in [0, 0.05) is 49.7 Å². The number of nitrogens with zero attached hydrogens (tertiary/aromatic N) is 7. The lowest BCUT2D eigenvalue weighted by atomic mass is 9.79. The highest BCUT2D eigenvalue weighted by molar-refractivity contribution is 6.30. The van der Waals surface area contributed by atoms with Crippen LogP contribution in [0.4, 0.5) is 16.6 Å². The van der Waals surface area contributed by atoms with Gasteiger partial charge < -0.3 is 23.9 Å². The Hall–Kier alpha value is -3.38. The van der Waals surface area contributed by atoms with Gasteiger partial charge in [0.2, 0.25) is 5.95 Å². The van der Waals surface area contributed by atoms with Gasteiger partial charge in [-0.25, -0.2) is 9.78 Å². The van der Waals surface area contributed by atoms with Gasteiger partial charge >= 0.3 is 6.09 Å².